The monoisotopic (exact) mass is 142 g/mol. The average Bonchev–Trinajstić information content (AvgIpc) is 2.46. The molecule has 0 fully saturated rings. The Hall–Kier alpha value is -0.790. The van der Waals surface area contributed by atoms with Gasteiger partial charge in [-0.1, -0.05) is 27.2 Å². The van der Waals surface area contributed by atoms with Crippen molar-refractivity contribution >= 4 is 0 Å². The highest BCUT2D eigenvalue weighted by atomic mass is 14.9. The highest BCUT2D eigenvalue weighted by Gasteiger charge is 1.86. The quantitative estimate of drug-likeness (QED) is 0.675. The van der Waals surface area contributed by atoms with E-state index in [2.05, 4.69) is 16.9 Å². The van der Waals surface area contributed by atoms with E-state index >= 15 is 0 Å². The van der Waals surface area contributed by atoms with Gasteiger partial charge in [0.15, 0.2) is 0 Å². The molecule has 2 heteroatoms. The van der Waals surface area contributed by atoms with Crippen LogP contribution in [0.4, 0.5) is 0 Å². The van der Waals surface area contributed by atoms with Gasteiger partial charge in [-0.05, 0) is 6.42 Å². The minimum Gasteiger partial charge on any atom is -0.348 e. The summed E-state index contributed by atoms with van der Waals surface area (Å²) in [6, 6.07) is 0. The maximum Gasteiger partial charge on any atom is 0.0921 e. The fourth-order valence-corrected chi connectivity index (χ4v) is 0.691. The van der Waals surface area contributed by atoms with Gasteiger partial charge in [-0.2, -0.15) is 0 Å². The molecule has 0 spiro atoms. The SMILES string of the molecule is CC.CCCc1cnc[nH]1.[HH]. The van der Waals surface area contributed by atoms with E-state index in [1.165, 1.54) is 12.1 Å². The van der Waals surface area contributed by atoms with Gasteiger partial charge in [-0.25, -0.2) is 4.98 Å². The van der Waals surface area contributed by atoms with Gasteiger partial charge < -0.3 is 4.98 Å². The summed E-state index contributed by atoms with van der Waals surface area (Å²) in [5.74, 6) is 0. The van der Waals surface area contributed by atoms with E-state index < -0.39 is 0 Å². The molecule has 0 aliphatic heterocycles. The normalized spacial score (nSPS) is 8.30. The third-order valence-corrected chi connectivity index (χ3v) is 1.07. The molecule has 0 saturated heterocycles. The molecule has 0 atom stereocenters. The summed E-state index contributed by atoms with van der Waals surface area (Å²) in [7, 11) is 0. The largest absolute Gasteiger partial charge is 0.348 e. The lowest BCUT2D eigenvalue weighted by atomic mass is 10.3. The highest BCUT2D eigenvalue weighted by Crippen LogP contribution is 1.93. The van der Waals surface area contributed by atoms with Crippen LogP contribution in [0.3, 0.4) is 0 Å². The first kappa shape index (κ1) is 9.21. The van der Waals surface area contributed by atoms with E-state index in [9.17, 15) is 0 Å². The predicted molar refractivity (Wildman–Crippen MR) is 46.0 cm³/mol. The minimum absolute atomic E-state index is 0. The fourth-order valence-electron chi connectivity index (χ4n) is 0.691. The van der Waals surface area contributed by atoms with Crippen LogP contribution in [0.5, 0.6) is 0 Å². The minimum atomic E-state index is 0. The molecule has 60 valence electrons. The number of hydrogen-bond donors (Lipinski definition) is 1. The van der Waals surface area contributed by atoms with E-state index in [1.807, 2.05) is 20.0 Å². The standard InChI is InChI=1S/C6H10N2.C2H6.H2/c1-2-3-6-4-7-5-8-6;1-2;/h4-5H,2-3H2,1H3,(H,7,8);1-2H3;1H. The van der Waals surface area contributed by atoms with Crippen molar-refractivity contribution in [3.05, 3.63) is 18.2 Å². The lowest BCUT2D eigenvalue weighted by Gasteiger charge is -1.86. The second kappa shape index (κ2) is 6.33. The Labute approximate surface area is 64.2 Å². The van der Waals surface area contributed by atoms with Gasteiger partial charge in [-0.3, -0.25) is 0 Å². The first-order valence-electron chi connectivity index (χ1n) is 3.90. The molecule has 0 saturated carbocycles. The van der Waals surface area contributed by atoms with E-state index in [-0.39, 0.29) is 1.43 Å². The maximum absolute atomic E-state index is 3.89. The lowest BCUT2D eigenvalue weighted by molar-refractivity contribution is 0.892. The highest BCUT2D eigenvalue weighted by molar-refractivity contribution is 4.93. The van der Waals surface area contributed by atoms with E-state index in [1.54, 1.807) is 6.33 Å². The van der Waals surface area contributed by atoms with Crippen LogP contribution in [0.1, 0.15) is 34.3 Å². The van der Waals surface area contributed by atoms with Gasteiger partial charge in [0.1, 0.15) is 0 Å². The van der Waals surface area contributed by atoms with Gasteiger partial charge in [0, 0.05) is 13.3 Å². The zero-order valence-corrected chi connectivity index (χ0v) is 7.02. The first-order valence-corrected chi connectivity index (χ1v) is 3.90. The molecule has 0 aliphatic carbocycles. The number of aromatic nitrogens is 2. The van der Waals surface area contributed by atoms with Crippen molar-refractivity contribution in [3.63, 3.8) is 0 Å². The van der Waals surface area contributed by atoms with Gasteiger partial charge in [0.2, 0.25) is 0 Å². The first-order chi connectivity index (χ1) is 4.93. The zero-order valence-electron chi connectivity index (χ0n) is 7.02. The number of imidazole rings is 1. The van der Waals surface area contributed by atoms with Crippen molar-refractivity contribution in [2.75, 3.05) is 0 Å². The Kier molecular flexibility index (Phi) is 5.83. The molecule has 0 amide bonds. The Bertz CT molecular complexity index is 138. The van der Waals surface area contributed by atoms with E-state index in [4.69, 9.17) is 0 Å². The molecule has 0 unspecified atom stereocenters. The third-order valence-electron chi connectivity index (χ3n) is 1.07. The molecular formula is C8H18N2. The van der Waals surface area contributed by atoms with Crippen molar-refractivity contribution in [1.29, 1.82) is 0 Å². The topological polar surface area (TPSA) is 28.7 Å². The Morgan fingerprint density at radius 1 is 1.60 bits per heavy atom. The van der Waals surface area contributed by atoms with Crippen LogP contribution in [0.2, 0.25) is 0 Å². The number of rotatable bonds is 2. The number of aryl methyl sites for hydroxylation is 1. The van der Waals surface area contributed by atoms with E-state index in [0.29, 0.717) is 0 Å². The molecule has 1 aromatic heterocycles. The van der Waals surface area contributed by atoms with Crippen LogP contribution in [0.25, 0.3) is 0 Å². The fraction of sp³-hybridized carbons (Fsp3) is 0.625. The Morgan fingerprint density at radius 2 is 2.30 bits per heavy atom. The molecule has 1 aromatic rings. The summed E-state index contributed by atoms with van der Waals surface area (Å²) in [5, 5.41) is 0. The summed E-state index contributed by atoms with van der Waals surface area (Å²) >= 11 is 0. The number of nitrogens with one attached hydrogen (secondary N) is 1. The number of H-pyrrole nitrogens is 1. The number of nitrogens with zero attached hydrogens (tertiary/aromatic N) is 1. The molecule has 0 aliphatic rings. The lowest BCUT2D eigenvalue weighted by Crippen LogP contribution is -1.79. The van der Waals surface area contributed by atoms with Crippen molar-refractivity contribution in [2.45, 2.75) is 33.6 Å². The molecule has 10 heavy (non-hydrogen) atoms. The number of hydrogen-bond acceptors (Lipinski definition) is 1. The average molecular weight is 142 g/mol. The van der Waals surface area contributed by atoms with Gasteiger partial charge in [-0.15, -0.1) is 0 Å². The summed E-state index contributed by atoms with van der Waals surface area (Å²) in [6.07, 6.45) is 5.87. The summed E-state index contributed by atoms with van der Waals surface area (Å²) in [6.45, 7) is 6.15. The summed E-state index contributed by atoms with van der Waals surface area (Å²) < 4.78 is 0. The van der Waals surface area contributed by atoms with Crippen LogP contribution in [-0.2, 0) is 6.42 Å². The van der Waals surface area contributed by atoms with Crippen molar-refractivity contribution in [3.8, 4) is 0 Å². The second-order valence-corrected chi connectivity index (χ2v) is 1.83. The van der Waals surface area contributed by atoms with Crippen LogP contribution in [-0.4, -0.2) is 9.97 Å². The summed E-state index contributed by atoms with van der Waals surface area (Å²) in [5.41, 5.74) is 1.23. The van der Waals surface area contributed by atoms with E-state index in [0.717, 1.165) is 6.42 Å². The van der Waals surface area contributed by atoms with Gasteiger partial charge >= 0.3 is 0 Å². The molecule has 1 heterocycles. The van der Waals surface area contributed by atoms with Crippen LogP contribution < -0.4 is 0 Å². The van der Waals surface area contributed by atoms with Crippen LogP contribution in [0.15, 0.2) is 12.5 Å². The van der Waals surface area contributed by atoms with Crippen LogP contribution >= 0.6 is 0 Å². The molecule has 1 rings (SSSR count). The second-order valence-electron chi connectivity index (χ2n) is 1.83. The predicted octanol–water partition coefficient (Wildman–Crippen LogP) is 2.63. The Balaban J connectivity index is 0. The van der Waals surface area contributed by atoms with Crippen molar-refractivity contribution < 1.29 is 1.43 Å². The van der Waals surface area contributed by atoms with Crippen molar-refractivity contribution in [1.82, 2.24) is 9.97 Å². The summed E-state index contributed by atoms with van der Waals surface area (Å²) in [4.78, 5) is 6.91. The Morgan fingerprint density at radius 3 is 2.70 bits per heavy atom. The van der Waals surface area contributed by atoms with Crippen LogP contribution in [0, 0.1) is 0 Å². The molecular weight excluding hydrogens is 124 g/mol. The molecule has 0 aromatic carbocycles. The number of aromatic amines is 1. The van der Waals surface area contributed by atoms with Gasteiger partial charge in [0.25, 0.3) is 0 Å². The molecule has 1 N–H and O–H groups in total. The molecule has 0 bridgehead atoms. The van der Waals surface area contributed by atoms with Gasteiger partial charge in [0.05, 0.1) is 6.33 Å². The molecule has 0 radical (unpaired) electrons. The smallest absolute Gasteiger partial charge is 0.0921 e. The zero-order chi connectivity index (χ0) is 7.82. The maximum atomic E-state index is 3.89. The van der Waals surface area contributed by atoms with Crippen molar-refractivity contribution in [2.24, 2.45) is 0 Å². The third kappa shape index (κ3) is 3.28. The molecule has 2 nitrogen and oxygen atoms in total.